The Hall–Kier alpha value is -1.82. The van der Waals surface area contributed by atoms with E-state index in [1.165, 1.54) is 0 Å². The molecule has 8 nitrogen and oxygen atoms in total. The van der Waals surface area contributed by atoms with E-state index < -0.39 is 46.0 Å². The largest absolute Gasteiger partial charge is 0.451 e. The van der Waals surface area contributed by atoms with Crippen LogP contribution in [-0.4, -0.2) is 54.3 Å². The van der Waals surface area contributed by atoms with Crippen molar-refractivity contribution < 1.29 is 50.1 Å². The van der Waals surface area contributed by atoms with E-state index in [1.54, 1.807) is 0 Å². The fraction of sp³-hybridized carbons (Fsp3) is 0.852. The maximum Gasteiger partial charge on any atom is 0.426 e. The van der Waals surface area contributed by atoms with Gasteiger partial charge in [0.05, 0.1) is 0 Å². The van der Waals surface area contributed by atoms with Gasteiger partial charge in [-0.15, -0.1) is 0 Å². The fourth-order valence-electron chi connectivity index (χ4n) is 8.54. The number of halogens is 3. The van der Waals surface area contributed by atoms with Crippen molar-refractivity contribution in [2.45, 2.75) is 90.8 Å². The van der Waals surface area contributed by atoms with Gasteiger partial charge in [0.25, 0.3) is 10.1 Å². The van der Waals surface area contributed by atoms with Crippen molar-refractivity contribution in [1.29, 1.82) is 0 Å². The molecule has 4 fully saturated rings. The van der Waals surface area contributed by atoms with Crippen LogP contribution >= 0.6 is 0 Å². The second kappa shape index (κ2) is 10.2. The molecule has 4 aliphatic carbocycles. The van der Waals surface area contributed by atoms with Gasteiger partial charge in [0.15, 0.2) is 0 Å². The number of ketones is 3. The molecule has 0 saturated heterocycles. The van der Waals surface area contributed by atoms with Crippen LogP contribution in [0.5, 0.6) is 0 Å². The van der Waals surface area contributed by atoms with Crippen molar-refractivity contribution in [3.63, 3.8) is 0 Å². The number of hydrogen-bond acceptors (Lipinski definition) is 7. The predicted molar refractivity (Wildman–Crippen MR) is 132 cm³/mol. The summed E-state index contributed by atoms with van der Waals surface area (Å²) < 4.78 is 74.4. The van der Waals surface area contributed by atoms with Crippen molar-refractivity contribution in [2.75, 3.05) is 5.75 Å². The average molecular weight is 579 g/mol. The molecule has 0 radical (unpaired) electrons. The van der Waals surface area contributed by atoms with E-state index in [-0.39, 0.29) is 71.1 Å². The van der Waals surface area contributed by atoms with Gasteiger partial charge >= 0.3 is 12.1 Å². The lowest BCUT2D eigenvalue weighted by Gasteiger charge is -2.58. The van der Waals surface area contributed by atoms with Crippen LogP contribution in [0.1, 0.15) is 78.6 Å². The van der Waals surface area contributed by atoms with E-state index in [1.807, 2.05) is 13.8 Å². The summed E-state index contributed by atoms with van der Waals surface area (Å²) >= 11 is 0. The number of ether oxygens (including phenoxy) is 1. The quantitative estimate of drug-likeness (QED) is 0.348. The first-order chi connectivity index (χ1) is 17.9. The van der Waals surface area contributed by atoms with Gasteiger partial charge in [0.1, 0.15) is 23.1 Å². The SMILES string of the molecule is CC(CCC(=O)OC(CS(=O)(=O)O)C(F)(F)F)C1CCC2C3C(=O)CC4CC(=O)CCC4(C)C3CC(=O)C12C. The van der Waals surface area contributed by atoms with E-state index in [2.05, 4.69) is 11.7 Å². The molecule has 0 bridgehead atoms. The van der Waals surface area contributed by atoms with Gasteiger partial charge in [0, 0.05) is 43.4 Å². The summed E-state index contributed by atoms with van der Waals surface area (Å²) in [6, 6.07) is 0. The molecule has 39 heavy (non-hydrogen) atoms. The van der Waals surface area contributed by atoms with Crippen molar-refractivity contribution in [3.05, 3.63) is 0 Å². The summed E-state index contributed by atoms with van der Waals surface area (Å²) in [5.74, 6) is -3.63. The Morgan fingerprint density at radius 2 is 1.77 bits per heavy atom. The fourth-order valence-corrected chi connectivity index (χ4v) is 9.18. The summed E-state index contributed by atoms with van der Waals surface area (Å²) in [6.45, 7) is 5.85. The molecular weight excluding hydrogens is 541 g/mol. The van der Waals surface area contributed by atoms with Crippen molar-refractivity contribution in [3.8, 4) is 0 Å². The zero-order chi connectivity index (χ0) is 29.1. The van der Waals surface area contributed by atoms with E-state index in [9.17, 15) is 40.8 Å². The van der Waals surface area contributed by atoms with E-state index in [0.717, 1.165) is 0 Å². The van der Waals surface area contributed by atoms with Crippen molar-refractivity contribution in [2.24, 2.45) is 46.3 Å². The topological polar surface area (TPSA) is 132 Å². The van der Waals surface area contributed by atoms with Gasteiger partial charge in [-0.25, -0.2) is 0 Å². The van der Waals surface area contributed by atoms with Crippen LogP contribution in [0.2, 0.25) is 0 Å². The lowest BCUT2D eigenvalue weighted by molar-refractivity contribution is -0.215. The Labute approximate surface area is 226 Å². The molecule has 0 aromatic carbocycles. The summed E-state index contributed by atoms with van der Waals surface area (Å²) in [6.07, 6.45) is -4.97. The van der Waals surface area contributed by atoms with Gasteiger partial charge in [-0.05, 0) is 60.7 Å². The highest BCUT2D eigenvalue weighted by atomic mass is 32.2. The number of Topliss-reactive ketones (excluding diaryl/α,β-unsaturated/α-hetero) is 3. The molecule has 0 aliphatic heterocycles. The van der Waals surface area contributed by atoms with Crippen LogP contribution < -0.4 is 0 Å². The third-order valence-electron chi connectivity index (χ3n) is 10.7. The maximum absolute atomic E-state index is 13.8. The van der Waals surface area contributed by atoms with E-state index >= 15 is 0 Å². The molecular formula is C27H37F3O8S. The highest BCUT2D eigenvalue weighted by Crippen LogP contribution is 2.66. The first-order valence-electron chi connectivity index (χ1n) is 13.7. The van der Waals surface area contributed by atoms with Crippen LogP contribution in [0.3, 0.4) is 0 Å². The van der Waals surface area contributed by atoms with Gasteiger partial charge in [-0.1, -0.05) is 20.8 Å². The maximum atomic E-state index is 13.8. The Balaban J connectivity index is 1.45. The minimum absolute atomic E-state index is 0.0341. The highest BCUT2D eigenvalue weighted by Gasteiger charge is 2.66. The number of fused-ring (bicyclic) bond motifs is 5. The number of carbonyl (C=O) groups is 4. The van der Waals surface area contributed by atoms with Gasteiger partial charge in [0.2, 0.25) is 6.10 Å². The second-order valence-corrected chi connectivity index (χ2v) is 14.2. The Morgan fingerprint density at radius 3 is 2.38 bits per heavy atom. The molecule has 4 saturated carbocycles. The number of rotatable bonds is 7. The lowest BCUT2D eigenvalue weighted by Crippen LogP contribution is -2.60. The molecule has 9 unspecified atom stereocenters. The zero-order valence-electron chi connectivity index (χ0n) is 22.5. The predicted octanol–water partition coefficient (Wildman–Crippen LogP) is 4.35. The highest BCUT2D eigenvalue weighted by molar-refractivity contribution is 7.85. The number of alkyl halides is 3. The third kappa shape index (κ3) is 5.56. The summed E-state index contributed by atoms with van der Waals surface area (Å²) in [4.78, 5) is 51.6. The Morgan fingerprint density at radius 1 is 1.10 bits per heavy atom. The van der Waals surface area contributed by atoms with Crippen LogP contribution in [0.25, 0.3) is 0 Å². The van der Waals surface area contributed by atoms with Crippen LogP contribution in [0.4, 0.5) is 13.2 Å². The standard InChI is InChI=1S/C27H37F3O8S/c1-14(4-7-23(34)38-22(27(28,29)30)13-39(35,36)37)17-5-6-18-24-19(12-21(33)26(17,18)3)25(2)9-8-16(31)10-15(25)11-20(24)32/h14-15,17-19,22,24H,4-13H2,1-3H3,(H,35,36,37). The average Bonchev–Trinajstić information content (AvgIpc) is 3.16. The molecule has 4 aliphatic rings. The van der Waals surface area contributed by atoms with Crippen LogP contribution in [-0.2, 0) is 34.0 Å². The van der Waals surface area contributed by atoms with Gasteiger partial charge in [-0.3, -0.25) is 23.7 Å². The summed E-state index contributed by atoms with van der Waals surface area (Å²) in [7, 11) is -5.03. The molecule has 0 amide bonds. The third-order valence-corrected chi connectivity index (χ3v) is 11.4. The second-order valence-electron chi connectivity index (χ2n) is 12.7. The van der Waals surface area contributed by atoms with Crippen molar-refractivity contribution in [1.82, 2.24) is 0 Å². The minimum Gasteiger partial charge on any atom is -0.451 e. The normalized spacial score (nSPS) is 38.4. The molecule has 220 valence electrons. The van der Waals surface area contributed by atoms with Crippen molar-refractivity contribution >= 4 is 33.4 Å². The molecule has 0 aromatic rings. The minimum atomic E-state index is -5.16. The smallest absolute Gasteiger partial charge is 0.426 e. The lowest BCUT2D eigenvalue weighted by atomic mass is 9.44. The molecule has 4 rings (SSSR count). The molecule has 12 heteroatoms. The molecule has 1 N–H and O–H groups in total. The van der Waals surface area contributed by atoms with Gasteiger partial charge < -0.3 is 4.74 Å². The van der Waals surface area contributed by atoms with E-state index in [4.69, 9.17) is 4.55 Å². The molecule has 0 aromatic heterocycles. The van der Waals surface area contributed by atoms with Crippen LogP contribution in [0.15, 0.2) is 0 Å². The zero-order valence-corrected chi connectivity index (χ0v) is 23.3. The molecule has 0 heterocycles. The first kappa shape index (κ1) is 30.1. The Kier molecular flexibility index (Phi) is 7.90. The number of hydrogen-bond donors (Lipinski definition) is 1. The molecule has 0 spiro atoms. The monoisotopic (exact) mass is 578 g/mol. The number of carbonyl (C=O) groups excluding carboxylic acids is 4. The summed E-state index contributed by atoms with van der Waals surface area (Å²) in [5.41, 5.74) is -1.04. The Bertz CT molecular complexity index is 1150. The van der Waals surface area contributed by atoms with E-state index in [0.29, 0.717) is 38.5 Å². The van der Waals surface area contributed by atoms with Crippen LogP contribution in [0, 0.1) is 46.3 Å². The molecule has 9 atom stereocenters. The number of esters is 1. The summed E-state index contributed by atoms with van der Waals surface area (Å²) in [5, 5.41) is 0. The van der Waals surface area contributed by atoms with Gasteiger partial charge in [-0.2, -0.15) is 21.6 Å². The first-order valence-corrected chi connectivity index (χ1v) is 15.3.